The van der Waals surface area contributed by atoms with Crippen LogP contribution in [0, 0.1) is 0 Å². The molecule has 2 rings (SSSR count). The molecule has 0 amide bonds. The van der Waals surface area contributed by atoms with E-state index in [4.69, 9.17) is 5.73 Å². The summed E-state index contributed by atoms with van der Waals surface area (Å²) in [5.41, 5.74) is 6.97. The van der Waals surface area contributed by atoms with E-state index in [-0.39, 0.29) is 0 Å². The molecule has 0 aliphatic rings. The number of nitrogens with zero attached hydrogens (tertiary/aromatic N) is 3. The number of aromatic nitrogens is 2. The van der Waals surface area contributed by atoms with Crippen LogP contribution in [-0.2, 0) is 13.0 Å². The molecule has 19 heavy (non-hydrogen) atoms. The van der Waals surface area contributed by atoms with Crippen LogP contribution in [0.15, 0.2) is 30.3 Å². The van der Waals surface area contributed by atoms with Gasteiger partial charge < -0.3 is 10.6 Å². The molecule has 0 unspecified atom stereocenters. The lowest BCUT2D eigenvalue weighted by Gasteiger charge is -2.20. The molecule has 0 bridgehead atoms. The fraction of sp³-hybridized carbons (Fsp3) is 0.429. The summed E-state index contributed by atoms with van der Waals surface area (Å²) in [5.74, 6) is 0.942. The molecule has 4 nitrogen and oxygen atoms in total. The Kier molecular flexibility index (Phi) is 5.30. The molecular weight excluding hydrogens is 256 g/mol. The summed E-state index contributed by atoms with van der Waals surface area (Å²) in [6.07, 6.45) is 2.02. The minimum atomic E-state index is 0.621. The summed E-state index contributed by atoms with van der Waals surface area (Å²) in [6.45, 7) is 4.40. The quantitative estimate of drug-likeness (QED) is 0.844. The third-order valence-corrected chi connectivity index (χ3v) is 3.63. The van der Waals surface area contributed by atoms with Crippen molar-refractivity contribution in [1.29, 1.82) is 0 Å². The van der Waals surface area contributed by atoms with Crippen molar-refractivity contribution >= 4 is 16.7 Å². The minimum Gasteiger partial charge on any atom is -0.341 e. The Balaban J connectivity index is 2.10. The van der Waals surface area contributed by atoms with Gasteiger partial charge in [0.25, 0.3) is 0 Å². The largest absolute Gasteiger partial charge is 0.341 e. The van der Waals surface area contributed by atoms with Gasteiger partial charge >= 0.3 is 0 Å². The van der Waals surface area contributed by atoms with E-state index in [9.17, 15) is 0 Å². The normalized spacial score (nSPS) is 10.6. The van der Waals surface area contributed by atoms with Crippen LogP contribution in [-0.4, -0.2) is 22.4 Å². The zero-order valence-corrected chi connectivity index (χ0v) is 12.1. The molecule has 2 aromatic rings. The molecule has 1 aromatic heterocycles. The van der Waals surface area contributed by atoms with Gasteiger partial charge in [-0.25, -0.2) is 4.98 Å². The van der Waals surface area contributed by atoms with E-state index in [1.807, 2.05) is 6.07 Å². The summed E-state index contributed by atoms with van der Waals surface area (Å²) in [5, 5.41) is 0.970. The fourth-order valence-electron chi connectivity index (χ4n) is 1.90. The Bertz CT molecular complexity index is 483. The zero-order valence-electron chi connectivity index (χ0n) is 11.2. The Hall–Kier alpha value is -1.46. The van der Waals surface area contributed by atoms with Crippen molar-refractivity contribution < 1.29 is 0 Å². The van der Waals surface area contributed by atoms with Crippen molar-refractivity contribution in [3.63, 3.8) is 0 Å². The van der Waals surface area contributed by atoms with Crippen molar-refractivity contribution in [3.05, 3.63) is 41.7 Å². The van der Waals surface area contributed by atoms with E-state index in [1.54, 1.807) is 0 Å². The predicted molar refractivity (Wildman–Crippen MR) is 80.5 cm³/mol. The molecule has 0 radical (unpaired) electrons. The fourth-order valence-corrected chi connectivity index (χ4v) is 2.64. The number of rotatable bonds is 7. The van der Waals surface area contributed by atoms with Gasteiger partial charge in [0.05, 0.1) is 0 Å². The maximum Gasteiger partial charge on any atom is 0.205 e. The molecule has 1 aromatic carbocycles. The van der Waals surface area contributed by atoms with Gasteiger partial charge in [-0.15, -0.1) is 0 Å². The van der Waals surface area contributed by atoms with Gasteiger partial charge in [0.15, 0.2) is 0 Å². The summed E-state index contributed by atoms with van der Waals surface area (Å²) < 4.78 is 4.40. The van der Waals surface area contributed by atoms with Crippen LogP contribution in [0.2, 0.25) is 0 Å². The molecule has 102 valence electrons. The van der Waals surface area contributed by atoms with Crippen molar-refractivity contribution in [2.24, 2.45) is 5.73 Å². The van der Waals surface area contributed by atoms with Gasteiger partial charge in [0.2, 0.25) is 5.13 Å². The first-order valence-electron chi connectivity index (χ1n) is 6.65. The topological polar surface area (TPSA) is 55.0 Å². The van der Waals surface area contributed by atoms with E-state index in [1.165, 1.54) is 17.1 Å². The van der Waals surface area contributed by atoms with Gasteiger partial charge in [0.1, 0.15) is 5.82 Å². The number of aryl methyl sites for hydroxylation is 1. The van der Waals surface area contributed by atoms with E-state index < -0.39 is 0 Å². The van der Waals surface area contributed by atoms with Gasteiger partial charge in [-0.05, 0) is 12.0 Å². The number of benzene rings is 1. The second kappa shape index (κ2) is 7.21. The summed E-state index contributed by atoms with van der Waals surface area (Å²) >= 11 is 1.47. The van der Waals surface area contributed by atoms with Gasteiger partial charge in [-0.2, -0.15) is 4.37 Å². The van der Waals surface area contributed by atoms with Crippen LogP contribution in [0.1, 0.15) is 24.7 Å². The lowest BCUT2D eigenvalue weighted by molar-refractivity contribution is 0.777. The minimum absolute atomic E-state index is 0.621. The Morgan fingerprint density at radius 3 is 2.74 bits per heavy atom. The highest BCUT2D eigenvalue weighted by atomic mass is 32.1. The smallest absolute Gasteiger partial charge is 0.205 e. The number of nitrogens with two attached hydrogens (primary N) is 1. The highest BCUT2D eigenvalue weighted by Crippen LogP contribution is 2.20. The van der Waals surface area contributed by atoms with Gasteiger partial charge in [-0.3, -0.25) is 0 Å². The first-order chi connectivity index (χ1) is 9.33. The first-order valence-corrected chi connectivity index (χ1v) is 7.42. The molecule has 0 saturated heterocycles. The lowest BCUT2D eigenvalue weighted by atomic mass is 10.2. The molecule has 0 saturated carbocycles. The molecule has 1 heterocycles. The number of hydrogen-bond acceptors (Lipinski definition) is 5. The van der Waals surface area contributed by atoms with E-state index in [0.717, 1.165) is 36.9 Å². The van der Waals surface area contributed by atoms with E-state index >= 15 is 0 Å². The van der Waals surface area contributed by atoms with Crippen molar-refractivity contribution in [2.75, 3.05) is 18.0 Å². The molecule has 0 fully saturated rings. The van der Waals surface area contributed by atoms with E-state index in [2.05, 4.69) is 45.4 Å². The van der Waals surface area contributed by atoms with Crippen molar-refractivity contribution in [1.82, 2.24) is 9.36 Å². The zero-order chi connectivity index (χ0) is 13.5. The molecular formula is C14H20N4S. The third-order valence-electron chi connectivity index (χ3n) is 2.82. The number of hydrogen-bond donors (Lipinski definition) is 1. The molecule has 5 heteroatoms. The third kappa shape index (κ3) is 4.01. The SMILES string of the molecule is CCCc1nsc(N(CCN)Cc2ccccc2)n1. The summed E-state index contributed by atoms with van der Waals surface area (Å²) in [7, 11) is 0. The maximum absolute atomic E-state index is 5.70. The Labute approximate surface area is 118 Å². The summed E-state index contributed by atoms with van der Waals surface area (Å²) in [6, 6.07) is 10.4. The first kappa shape index (κ1) is 14.0. The molecule has 0 atom stereocenters. The van der Waals surface area contributed by atoms with Crippen LogP contribution in [0.4, 0.5) is 5.13 Å². The Morgan fingerprint density at radius 2 is 2.05 bits per heavy atom. The average Bonchev–Trinajstić information content (AvgIpc) is 2.88. The van der Waals surface area contributed by atoms with Crippen molar-refractivity contribution in [2.45, 2.75) is 26.3 Å². The molecule has 2 N–H and O–H groups in total. The maximum atomic E-state index is 5.70. The predicted octanol–water partition coefficient (Wildman–Crippen LogP) is 2.46. The molecule has 0 spiro atoms. The van der Waals surface area contributed by atoms with E-state index in [0.29, 0.717) is 6.54 Å². The molecule has 0 aliphatic heterocycles. The summed E-state index contributed by atoms with van der Waals surface area (Å²) in [4.78, 5) is 6.79. The van der Waals surface area contributed by atoms with Crippen LogP contribution >= 0.6 is 11.5 Å². The lowest BCUT2D eigenvalue weighted by Crippen LogP contribution is -2.28. The van der Waals surface area contributed by atoms with Crippen molar-refractivity contribution in [3.8, 4) is 0 Å². The average molecular weight is 276 g/mol. The van der Waals surface area contributed by atoms with Crippen LogP contribution in [0.5, 0.6) is 0 Å². The monoisotopic (exact) mass is 276 g/mol. The highest BCUT2D eigenvalue weighted by Gasteiger charge is 2.12. The van der Waals surface area contributed by atoms with Crippen LogP contribution < -0.4 is 10.6 Å². The second-order valence-electron chi connectivity index (χ2n) is 4.44. The standard InChI is InChI=1S/C14H20N4S/c1-2-6-13-16-14(19-17-13)18(10-9-15)11-12-7-4-3-5-8-12/h3-5,7-8H,2,6,9-11,15H2,1H3. The van der Waals surface area contributed by atoms with Crippen LogP contribution in [0.3, 0.4) is 0 Å². The molecule has 0 aliphatic carbocycles. The van der Waals surface area contributed by atoms with Gasteiger partial charge in [-0.1, -0.05) is 37.3 Å². The van der Waals surface area contributed by atoms with Gasteiger partial charge in [0, 0.05) is 37.6 Å². The highest BCUT2D eigenvalue weighted by molar-refractivity contribution is 7.09. The second-order valence-corrected chi connectivity index (χ2v) is 5.17. The van der Waals surface area contributed by atoms with Crippen LogP contribution in [0.25, 0.3) is 0 Å². The number of anilines is 1. The Morgan fingerprint density at radius 1 is 1.26 bits per heavy atom.